The summed E-state index contributed by atoms with van der Waals surface area (Å²) in [6, 6.07) is 9.96. The molecular formula is C24H30O6. The number of fused-ring (bicyclic) bond motifs is 2. The van der Waals surface area contributed by atoms with Gasteiger partial charge in [0, 0.05) is 37.8 Å². The summed E-state index contributed by atoms with van der Waals surface area (Å²) in [6.45, 7) is 4.11. The lowest BCUT2D eigenvalue weighted by molar-refractivity contribution is -0.0925. The summed E-state index contributed by atoms with van der Waals surface area (Å²) in [4.78, 5) is 0. The molecule has 2 N–H and O–H groups in total. The number of phenols is 2. The number of benzene rings is 2. The maximum absolute atomic E-state index is 9.65. The zero-order valence-electron chi connectivity index (χ0n) is 17.6. The zero-order valence-corrected chi connectivity index (χ0v) is 17.6. The molecule has 2 heterocycles. The number of phenolic OH excluding ortho intramolecular Hbond substituents is 2. The average molecular weight is 414 g/mol. The maximum atomic E-state index is 9.65. The largest absolute Gasteiger partial charge is 0.508 e. The van der Waals surface area contributed by atoms with Crippen LogP contribution in [0.5, 0.6) is 34.5 Å². The summed E-state index contributed by atoms with van der Waals surface area (Å²) in [7, 11) is 0. The lowest BCUT2D eigenvalue weighted by Crippen LogP contribution is -2.38. The van der Waals surface area contributed by atoms with E-state index in [0.29, 0.717) is 23.0 Å². The van der Waals surface area contributed by atoms with E-state index < -0.39 is 11.6 Å². The van der Waals surface area contributed by atoms with Gasteiger partial charge in [0.1, 0.15) is 11.5 Å². The van der Waals surface area contributed by atoms with Gasteiger partial charge in [0.15, 0.2) is 23.0 Å². The Morgan fingerprint density at radius 1 is 0.600 bits per heavy atom. The summed E-state index contributed by atoms with van der Waals surface area (Å²) < 4.78 is 24.2. The summed E-state index contributed by atoms with van der Waals surface area (Å²) in [5.74, 6) is 1.71. The summed E-state index contributed by atoms with van der Waals surface area (Å²) in [5, 5.41) is 19.3. The fourth-order valence-electron chi connectivity index (χ4n) is 4.15. The summed E-state index contributed by atoms with van der Waals surface area (Å²) in [5.41, 5.74) is 0. The lowest BCUT2D eigenvalue weighted by Gasteiger charge is -2.27. The van der Waals surface area contributed by atoms with Crippen molar-refractivity contribution in [2.24, 2.45) is 0 Å². The molecule has 0 fully saturated rings. The molecule has 162 valence electrons. The quantitative estimate of drug-likeness (QED) is 0.498. The number of unbranched alkanes of at least 4 members (excludes halogenated alkanes) is 3. The molecule has 0 radical (unpaired) electrons. The normalized spacial score (nSPS) is 23.7. The van der Waals surface area contributed by atoms with Crippen molar-refractivity contribution in [1.29, 1.82) is 0 Å². The Kier molecular flexibility index (Phi) is 5.58. The first-order chi connectivity index (χ1) is 14.5. The predicted octanol–water partition coefficient (Wildman–Crippen LogP) is 5.89. The van der Waals surface area contributed by atoms with Gasteiger partial charge in [-0.05, 0) is 37.1 Å². The Morgan fingerprint density at radius 2 is 1.00 bits per heavy atom. The van der Waals surface area contributed by atoms with Crippen molar-refractivity contribution in [3.63, 3.8) is 0 Å². The van der Waals surface area contributed by atoms with Gasteiger partial charge in [-0.2, -0.15) is 0 Å². The Bertz CT molecular complexity index is 824. The monoisotopic (exact) mass is 414 g/mol. The molecule has 2 aromatic rings. The van der Waals surface area contributed by atoms with E-state index in [1.165, 1.54) is 0 Å². The zero-order chi connectivity index (χ0) is 21.2. The third kappa shape index (κ3) is 4.09. The Hall–Kier alpha value is -2.76. The van der Waals surface area contributed by atoms with E-state index >= 15 is 0 Å². The molecule has 2 unspecified atom stereocenters. The second-order valence-corrected chi connectivity index (χ2v) is 8.11. The summed E-state index contributed by atoms with van der Waals surface area (Å²) >= 11 is 0. The van der Waals surface area contributed by atoms with Crippen molar-refractivity contribution in [1.82, 2.24) is 0 Å². The van der Waals surface area contributed by atoms with Crippen LogP contribution in [-0.2, 0) is 0 Å². The van der Waals surface area contributed by atoms with E-state index in [9.17, 15) is 10.2 Å². The van der Waals surface area contributed by atoms with Crippen LogP contribution < -0.4 is 18.9 Å². The van der Waals surface area contributed by atoms with E-state index in [-0.39, 0.29) is 11.5 Å². The van der Waals surface area contributed by atoms with E-state index in [4.69, 9.17) is 18.9 Å². The molecule has 0 aliphatic carbocycles. The van der Waals surface area contributed by atoms with Crippen LogP contribution in [0.15, 0.2) is 36.4 Å². The Morgan fingerprint density at radius 3 is 1.40 bits per heavy atom. The van der Waals surface area contributed by atoms with E-state index in [1.807, 2.05) is 0 Å². The molecule has 0 saturated carbocycles. The molecule has 2 aliphatic rings. The minimum Gasteiger partial charge on any atom is -0.508 e. The highest BCUT2D eigenvalue weighted by Gasteiger charge is 2.40. The fourth-order valence-corrected chi connectivity index (χ4v) is 4.15. The van der Waals surface area contributed by atoms with Crippen LogP contribution in [-0.4, -0.2) is 21.8 Å². The van der Waals surface area contributed by atoms with Gasteiger partial charge in [-0.1, -0.05) is 26.7 Å². The van der Waals surface area contributed by atoms with Crippen LogP contribution in [0.1, 0.15) is 65.2 Å². The van der Waals surface area contributed by atoms with Crippen molar-refractivity contribution in [2.75, 3.05) is 0 Å². The molecule has 0 saturated heterocycles. The lowest BCUT2D eigenvalue weighted by atomic mass is 10.0. The maximum Gasteiger partial charge on any atom is 0.251 e. The van der Waals surface area contributed by atoms with Gasteiger partial charge in [-0.15, -0.1) is 0 Å². The minimum absolute atomic E-state index is 0.183. The predicted molar refractivity (Wildman–Crippen MR) is 112 cm³/mol. The second kappa shape index (κ2) is 8.17. The molecule has 2 aromatic carbocycles. The summed E-state index contributed by atoms with van der Waals surface area (Å²) in [6.07, 6.45) is 7.19. The molecule has 0 spiro atoms. The van der Waals surface area contributed by atoms with Crippen molar-refractivity contribution in [3.05, 3.63) is 36.4 Å². The molecule has 4 rings (SSSR count). The first-order valence-corrected chi connectivity index (χ1v) is 10.9. The molecule has 6 nitrogen and oxygen atoms in total. The standard InChI is InChI=1S/C24H30O6/c1-3-23(27-19-11-9-17(25)15-21(19)29-23)13-7-5-6-8-14-24(4-2)28-20-12-10-18(26)16-22(20)30-24/h9-12,15-16,25-26H,3-8,13-14H2,1-2H3. The smallest absolute Gasteiger partial charge is 0.251 e. The van der Waals surface area contributed by atoms with E-state index in [1.54, 1.807) is 36.4 Å². The number of rotatable bonds is 9. The third-order valence-electron chi connectivity index (χ3n) is 5.98. The van der Waals surface area contributed by atoms with E-state index in [2.05, 4.69) is 13.8 Å². The van der Waals surface area contributed by atoms with Crippen LogP contribution in [0.25, 0.3) is 0 Å². The van der Waals surface area contributed by atoms with Gasteiger partial charge in [0.2, 0.25) is 0 Å². The molecule has 0 bridgehead atoms. The van der Waals surface area contributed by atoms with Gasteiger partial charge in [-0.3, -0.25) is 0 Å². The van der Waals surface area contributed by atoms with Gasteiger partial charge in [0.25, 0.3) is 11.6 Å². The highest BCUT2D eigenvalue weighted by atomic mass is 16.7. The first-order valence-electron chi connectivity index (χ1n) is 10.9. The fraction of sp³-hybridized carbons (Fsp3) is 0.500. The van der Waals surface area contributed by atoms with Crippen LogP contribution in [0.4, 0.5) is 0 Å². The molecular weight excluding hydrogens is 384 g/mol. The van der Waals surface area contributed by atoms with Crippen LogP contribution in [0.2, 0.25) is 0 Å². The van der Waals surface area contributed by atoms with Gasteiger partial charge in [0.05, 0.1) is 0 Å². The van der Waals surface area contributed by atoms with Crippen molar-refractivity contribution >= 4 is 0 Å². The average Bonchev–Trinajstić information content (AvgIpc) is 3.28. The Balaban J connectivity index is 1.22. The topological polar surface area (TPSA) is 77.4 Å². The highest BCUT2D eigenvalue weighted by Crippen LogP contribution is 2.46. The van der Waals surface area contributed by atoms with Crippen molar-refractivity contribution in [3.8, 4) is 34.5 Å². The van der Waals surface area contributed by atoms with Crippen LogP contribution in [0, 0.1) is 0 Å². The van der Waals surface area contributed by atoms with Crippen LogP contribution >= 0.6 is 0 Å². The van der Waals surface area contributed by atoms with Crippen LogP contribution in [0.3, 0.4) is 0 Å². The molecule has 6 heteroatoms. The highest BCUT2D eigenvalue weighted by molar-refractivity contribution is 5.48. The molecule has 0 amide bonds. The number of aromatic hydroxyl groups is 2. The SMILES string of the molecule is CCC1(CCCCCCC2(CC)Oc3ccc(O)cc3O2)Oc2ccc(O)cc2O1. The molecule has 30 heavy (non-hydrogen) atoms. The minimum atomic E-state index is -0.637. The van der Waals surface area contributed by atoms with Gasteiger partial charge in [-0.25, -0.2) is 0 Å². The second-order valence-electron chi connectivity index (χ2n) is 8.11. The first kappa shape index (κ1) is 20.5. The number of ether oxygens (including phenoxy) is 4. The third-order valence-corrected chi connectivity index (χ3v) is 5.98. The molecule has 0 aromatic heterocycles. The number of hydrogen-bond acceptors (Lipinski definition) is 6. The van der Waals surface area contributed by atoms with Crippen molar-refractivity contribution in [2.45, 2.75) is 76.8 Å². The molecule has 2 aliphatic heterocycles. The van der Waals surface area contributed by atoms with Gasteiger partial charge >= 0.3 is 0 Å². The van der Waals surface area contributed by atoms with E-state index in [0.717, 1.165) is 51.4 Å². The van der Waals surface area contributed by atoms with Crippen molar-refractivity contribution < 1.29 is 29.2 Å². The Labute approximate surface area is 177 Å². The molecule has 2 atom stereocenters. The number of hydrogen-bond donors (Lipinski definition) is 2. The van der Waals surface area contributed by atoms with Gasteiger partial charge < -0.3 is 29.2 Å².